The van der Waals surface area contributed by atoms with Crippen LogP contribution < -0.4 is 5.56 Å². The molecule has 0 aliphatic rings. The predicted molar refractivity (Wildman–Crippen MR) is 84.4 cm³/mol. The lowest BCUT2D eigenvalue weighted by atomic mass is 10.0. The normalized spacial score (nSPS) is 11.8. The van der Waals surface area contributed by atoms with E-state index in [-0.39, 0.29) is 11.5 Å². The molecule has 1 unspecified atom stereocenters. The van der Waals surface area contributed by atoms with Crippen molar-refractivity contribution in [1.29, 1.82) is 5.26 Å². The Morgan fingerprint density at radius 1 is 1.38 bits per heavy atom. The predicted octanol–water partition coefficient (Wildman–Crippen LogP) is 3.12. The van der Waals surface area contributed by atoms with E-state index in [0.717, 1.165) is 24.1 Å². The molecule has 108 valence electrons. The van der Waals surface area contributed by atoms with Gasteiger partial charge in [-0.1, -0.05) is 55.4 Å². The van der Waals surface area contributed by atoms with Crippen molar-refractivity contribution in [2.45, 2.75) is 30.8 Å². The quantitative estimate of drug-likeness (QED) is 0.657. The van der Waals surface area contributed by atoms with Crippen LogP contribution in [0.3, 0.4) is 0 Å². The molecule has 0 bridgehead atoms. The van der Waals surface area contributed by atoms with Crippen molar-refractivity contribution in [3.8, 4) is 6.07 Å². The topological polar surface area (TPSA) is 69.5 Å². The molecule has 0 saturated heterocycles. The monoisotopic (exact) mass is 299 g/mol. The van der Waals surface area contributed by atoms with E-state index >= 15 is 0 Å². The zero-order chi connectivity index (χ0) is 15.1. The highest BCUT2D eigenvalue weighted by molar-refractivity contribution is 7.99. The Kier molecular flexibility index (Phi) is 5.59. The largest absolute Gasteiger partial charge is 0.301 e. The summed E-state index contributed by atoms with van der Waals surface area (Å²) in [7, 11) is 0. The van der Waals surface area contributed by atoms with E-state index in [4.69, 9.17) is 0 Å². The summed E-state index contributed by atoms with van der Waals surface area (Å²) in [6.07, 6.45) is 1.74. The third kappa shape index (κ3) is 4.47. The number of thioether (sulfide) groups is 1. The maximum Gasteiger partial charge on any atom is 0.251 e. The van der Waals surface area contributed by atoms with E-state index in [1.807, 2.05) is 30.3 Å². The summed E-state index contributed by atoms with van der Waals surface area (Å²) in [6.45, 7) is 2.05. The molecule has 1 aromatic carbocycles. The maximum absolute atomic E-state index is 11.6. The lowest BCUT2D eigenvalue weighted by Crippen LogP contribution is -2.10. The minimum Gasteiger partial charge on any atom is -0.301 e. The summed E-state index contributed by atoms with van der Waals surface area (Å²) in [5, 5.41) is 9.88. The molecule has 0 fully saturated rings. The van der Waals surface area contributed by atoms with Crippen LogP contribution in [-0.2, 0) is 6.42 Å². The Balaban J connectivity index is 2.08. The zero-order valence-corrected chi connectivity index (χ0v) is 12.7. The molecular formula is C16H17N3OS. The van der Waals surface area contributed by atoms with E-state index in [1.54, 1.807) is 0 Å². The standard InChI is InChI=1S/C16H17N3OS/c1-2-6-14-9-15(20)19-16(18-14)21-11-13(10-17)12-7-4-3-5-8-12/h3-5,7-9,13H,2,6,11H2,1H3,(H,18,19,20). The van der Waals surface area contributed by atoms with Crippen LogP contribution in [0.25, 0.3) is 0 Å². The van der Waals surface area contributed by atoms with E-state index < -0.39 is 0 Å². The molecule has 0 saturated carbocycles. The second kappa shape index (κ2) is 7.65. The van der Waals surface area contributed by atoms with E-state index in [0.29, 0.717) is 10.9 Å². The first kappa shape index (κ1) is 15.3. The van der Waals surface area contributed by atoms with Crippen molar-refractivity contribution in [3.63, 3.8) is 0 Å². The summed E-state index contributed by atoms with van der Waals surface area (Å²) in [6, 6.07) is 13.5. The number of benzene rings is 1. The molecule has 1 atom stereocenters. The average molecular weight is 299 g/mol. The van der Waals surface area contributed by atoms with E-state index in [9.17, 15) is 10.1 Å². The third-order valence-corrected chi connectivity index (χ3v) is 3.99. The second-order valence-electron chi connectivity index (χ2n) is 4.70. The minimum atomic E-state index is -0.212. The molecule has 1 aromatic heterocycles. The molecule has 5 heteroatoms. The lowest BCUT2D eigenvalue weighted by Gasteiger charge is -2.09. The molecule has 4 nitrogen and oxygen atoms in total. The van der Waals surface area contributed by atoms with Gasteiger partial charge in [0.1, 0.15) is 0 Å². The first-order valence-corrected chi connectivity index (χ1v) is 7.89. The highest BCUT2D eigenvalue weighted by Crippen LogP contribution is 2.23. The van der Waals surface area contributed by atoms with Crippen LogP contribution in [0.4, 0.5) is 0 Å². The van der Waals surface area contributed by atoms with Gasteiger partial charge in [0, 0.05) is 17.5 Å². The number of hydrogen-bond acceptors (Lipinski definition) is 4. The smallest absolute Gasteiger partial charge is 0.251 e. The molecule has 0 aliphatic carbocycles. The van der Waals surface area contributed by atoms with Crippen LogP contribution in [0.5, 0.6) is 0 Å². The molecule has 1 heterocycles. The molecule has 0 amide bonds. The maximum atomic E-state index is 11.6. The molecule has 2 rings (SSSR count). The van der Waals surface area contributed by atoms with Gasteiger partial charge in [0.2, 0.25) is 0 Å². The first-order valence-electron chi connectivity index (χ1n) is 6.90. The fraction of sp³-hybridized carbons (Fsp3) is 0.312. The van der Waals surface area contributed by atoms with Crippen molar-refractivity contribution < 1.29 is 0 Å². The van der Waals surface area contributed by atoms with Crippen molar-refractivity contribution in [3.05, 3.63) is 58.0 Å². The van der Waals surface area contributed by atoms with Gasteiger partial charge in [-0.3, -0.25) is 4.79 Å². The molecular weight excluding hydrogens is 282 g/mol. The van der Waals surface area contributed by atoms with Crippen LogP contribution in [0.15, 0.2) is 46.3 Å². The van der Waals surface area contributed by atoms with Crippen LogP contribution in [0, 0.1) is 11.3 Å². The van der Waals surface area contributed by atoms with Gasteiger partial charge in [-0.15, -0.1) is 0 Å². The number of hydrogen-bond donors (Lipinski definition) is 1. The van der Waals surface area contributed by atoms with Crippen molar-refractivity contribution >= 4 is 11.8 Å². The van der Waals surface area contributed by atoms with E-state index in [2.05, 4.69) is 23.0 Å². The molecule has 21 heavy (non-hydrogen) atoms. The number of aryl methyl sites for hydroxylation is 1. The van der Waals surface area contributed by atoms with Gasteiger partial charge >= 0.3 is 0 Å². The van der Waals surface area contributed by atoms with E-state index in [1.165, 1.54) is 17.8 Å². The third-order valence-electron chi connectivity index (χ3n) is 3.02. The number of aromatic nitrogens is 2. The molecule has 0 aliphatic heterocycles. The number of H-pyrrole nitrogens is 1. The fourth-order valence-electron chi connectivity index (χ4n) is 1.99. The molecule has 0 radical (unpaired) electrons. The second-order valence-corrected chi connectivity index (χ2v) is 5.70. The number of nitrogens with one attached hydrogen (secondary N) is 1. The van der Waals surface area contributed by atoms with Gasteiger partial charge in [0.15, 0.2) is 5.16 Å². The van der Waals surface area contributed by atoms with Gasteiger partial charge in [-0.05, 0) is 12.0 Å². The Morgan fingerprint density at radius 2 is 2.14 bits per heavy atom. The Bertz CT molecular complexity index is 676. The van der Waals surface area contributed by atoms with Crippen LogP contribution >= 0.6 is 11.8 Å². The SMILES string of the molecule is CCCc1cc(=O)[nH]c(SCC(C#N)c2ccccc2)n1. The number of aromatic amines is 1. The number of nitrogens with zero attached hydrogens (tertiary/aromatic N) is 2. The van der Waals surface area contributed by atoms with Gasteiger partial charge in [0.05, 0.1) is 12.0 Å². The van der Waals surface area contributed by atoms with Crippen LogP contribution in [-0.4, -0.2) is 15.7 Å². The number of rotatable bonds is 6. The van der Waals surface area contributed by atoms with Crippen molar-refractivity contribution in [2.75, 3.05) is 5.75 Å². The fourth-order valence-corrected chi connectivity index (χ4v) is 2.94. The van der Waals surface area contributed by atoms with Gasteiger partial charge < -0.3 is 4.98 Å². The van der Waals surface area contributed by atoms with Crippen LogP contribution in [0.2, 0.25) is 0 Å². The van der Waals surface area contributed by atoms with Gasteiger partial charge in [-0.2, -0.15) is 5.26 Å². The molecule has 0 spiro atoms. The summed E-state index contributed by atoms with van der Waals surface area (Å²) >= 11 is 1.41. The summed E-state index contributed by atoms with van der Waals surface area (Å²) < 4.78 is 0. The molecule has 2 aromatic rings. The van der Waals surface area contributed by atoms with Crippen molar-refractivity contribution in [2.24, 2.45) is 0 Å². The highest BCUT2D eigenvalue weighted by atomic mass is 32.2. The zero-order valence-electron chi connectivity index (χ0n) is 11.9. The first-order chi connectivity index (χ1) is 10.2. The average Bonchev–Trinajstić information content (AvgIpc) is 2.49. The Labute approximate surface area is 128 Å². The molecule has 1 N–H and O–H groups in total. The van der Waals surface area contributed by atoms with Crippen molar-refractivity contribution in [1.82, 2.24) is 9.97 Å². The lowest BCUT2D eigenvalue weighted by molar-refractivity contribution is 0.814. The van der Waals surface area contributed by atoms with Gasteiger partial charge in [-0.25, -0.2) is 4.98 Å². The summed E-state index contributed by atoms with van der Waals surface area (Å²) in [5.41, 5.74) is 1.65. The number of nitriles is 1. The van der Waals surface area contributed by atoms with Gasteiger partial charge in [0.25, 0.3) is 5.56 Å². The highest BCUT2D eigenvalue weighted by Gasteiger charge is 2.12. The summed E-state index contributed by atoms with van der Waals surface area (Å²) in [5.74, 6) is 0.357. The Hall–Kier alpha value is -2.06. The Morgan fingerprint density at radius 3 is 2.81 bits per heavy atom. The van der Waals surface area contributed by atoms with Crippen LogP contribution in [0.1, 0.15) is 30.5 Å². The minimum absolute atomic E-state index is 0.135. The summed E-state index contributed by atoms with van der Waals surface area (Å²) in [4.78, 5) is 18.7.